The van der Waals surface area contributed by atoms with Crippen LogP contribution in [-0.2, 0) is 11.8 Å². The van der Waals surface area contributed by atoms with Gasteiger partial charge in [-0.1, -0.05) is 0 Å². The summed E-state index contributed by atoms with van der Waals surface area (Å²) in [7, 11) is 1.61. The summed E-state index contributed by atoms with van der Waals surface area (Å²) in [6, 6.07) is 6.11. The molecule has 0 radical (unpaired) electrons. The van der Waals surface area contributed by atoms with Gasteiger partial charge < -0.3 is 15.1 Å². The number of halogens is 2. The minimum absolute atomic E-state index is 0.111. The van der Waals surface area contributed by atoms with E-state index >= 15 is 0 Å². The standard InChI is InChI=1S/C18H14F2N4O3/c1-24-17-15(11(8-14(25)21-17)13-3-2-6-27-13)16(23-24)22-18(26)10-5-4-9(19)7-12(10)20/h2-7,11H,8H2,1H3,(H,21,25)(H,22,23,26). The molecule has 0 spiro atoms. The Labute approximate surface area is 152 Å². The number of hydrogen-bond donors (Lipinski definition) is 2. The molecule has 138 valence electrons. The fourth-order valence-corrected chi connectivity index (χ4v) is 3.16. The zero-order valence-electron chi connectivity index (χ0n) is 14.1. The fourth-order valence-electron chi connectivity index (χ4n) is 3.16. The monoisotopic (exact) mass is 372 g/mol. The van der Waals surface area contributed by atoms with Gasteiger partial charge in [0, 0.05) is 19.5 Å². The maximum absolute atomic E-state index is 13.9. The molecule has 0 aliphatic carbocycles. The Hall–Kier alpha value is -3.49. The smallest absolute Gasteiger partial charge is 0.259 e. The van der Waals surface area contributed by atoms with Crippen molar-refractivity contribution in [1.29, 1.82) is 0 Å². The molecule has 4 rings (SSSR count). The predicted molar refractivity (Wildman–Crippen MR) is 91.3 cm³/mol. The van der Waals surface area contributed by atoms with Crippen molar-refractivity contribution < 1.29 is 22.8 Å². The van der Waals surface area contributed by atoms with Crippen molar-refractivity contribution in [3.05, 3.63) is 65.1 Å². The number of furan rings is 1. The molecule has 0 bridgehead atoms. The third kappa shape index (κ3) is 2.97. The summed E-state index contributed by atoms with van der Waals surface area (Å²) in [6.07, 6.45) is 1.60. The van der Waals surface area contributed by atoms with Crippen LogP contribution >= 0.6 is 0 Å². The van der Waals surface area contributed by atoms with Gasteiger partial charge in [-0.2, -0.15) is 5.10 Å². The van der Waals surface area contributed by atoms with Gasteiger partial charge in [-0.25, -0.2) is 8.78 Å². The summed E-state index contributed by atoms with van der Waals surface area (Å²) in [6.45, 7) is 0. The highest BCUT2D eigenvalue weighted by atomic mass is 19.1. The van der Waals surface area contributed by atoms with Gasteiger partial charge in [-0.05, 0) is 24.3 Å². The average Bonchev–Trinajstić information content (AvgIpc) is 3.23. The molecule has 1 aromatic carbocycles. The molecule has 3 aromatic rings. The number of anilines is 2. The van der Waals surface area contributed by atoms with Crippen molar-refractivity contribution >= 4 is 23.5 Å². The summed E-state index contributed by atoms with van der Waals surface area (Å²) < 4.78 is 33.8. The van der Waals surface area contributed by atoms with Gasteiger partial charge in [0.15, 0.2) is 5.82 Å². The van der Waals surface area contributed by atoms with Crippen LogP contribution < -0.4 is 10.6 Å². The zero-order chi connectivity index (χ0) is 19.1. The van der Waals surface area contributed by atoms with Crippen molar-refractivity contribution in [3.63, 3.8) is 0 Å². The number of amides is 2. The average molecular weight is 372 g/mol. The third-order valence-electron chi connectivity index (χ3n) is 4.37. The fraction of sp³-hybridized carbons (Fsp3) is 0.167. The molecule has 3 heterocycles. The molecule has 27 heavy (non-hydrogen) atoms. The molecule has 1 atom stereocenters. The topological polar surface area (TPSA) is 89.2 Å². The normalized spacial score (nSPS) is 16.0. The third-order valence-corrected chi connectivity index (χ3v) is 4.37. The van der Waals surface area contributed by atoms with Crippen LogP contribution in [0.25, 0.3) is 0 Å². The van der Waals surface area contributed by atoms with Crippen LogP contribution in [0.1, 0.15) is 34.0 Å². The van der Waals surface area contributed by atoms with E-state index < -0.39 is 23.5 Å². The van der Waals surface area contributed by atoms with Crippen LogP contribution in [0.2, 0.25) is 0 Å². The highest BCUT2D eigenvalue weighted by Gasteiger charge is 2.35. The quantitative estimate of drug-likeness (QED) is 0.740. The molecule has 0 saturated heterocycles. The van der Waals surface area contributed by atoms with Crippen LogP contribution in [-0.4, -0.2) is 21.6 Å². The molecule has 2 amide bonds. The van der Waals surface area contributed by atoms with Gasteiger partial charge in [0.25, 0.3) is 5.91 Å². The molecule has 2 aromatic heterocycles. The van der Waals surface area contributed by atoms with Crippen molar-refractivity contribution in [2.75, 3.05) is 10.6 Å². The molecule has 0 fully saturated rings. The number of carbonyl (C=O) groups excluding carboxylic acids is 2. The molecule has 9 heteroatoms. The first kappa shape index (κ1) is 17.0. The number of nitrogens with one attached hydrogen (secondary N) is 2. The molecule has 1 aliphatic heterocycles. The minimum atomic E-state index is -0.979. The van der Waals surface area contributed by atoms with Gasteiger partial charge in [-0.15, -0.1) is 0 Å². The molecule has 1 aliphatic rings. The van der Waals surface area contributed by atoms with E-state index in [1.807, 2.05) is 0 Å². The first-order valence-corrected chi connectivity index (χ1v) is 8.10. The van der Waals surface area contributed by atoms with Crippen LogP contribution in [0, 0.1) is 11.6 Å². The highest BCUT2D eigenvalue weighted by Crippen LogP contribution is 2.41. The highest BCUT2D eigenvalue weighted by molar-refractivity contribution is 6.05. The lowest BCUT2D eigenvalue weighted by Crippen LogP contribution is -2.25. The SMILES string of the molecule is Cn1nc(NC(=O)c2ccc(F)cc2F)c2c1NC(=O)CC2c1ccco1. The first-order chi connectivity index (χ1) is 12.9. The summed E-state index contributed by atoms with van der Waals surface area (Å²) in [4.78, 5) is 24.5. The van der Waals surface area contributed by atoms with E-state index in [9.17, 15) is 18.4 Å². The second-order valence-electron chi connectivity index (χ2n) is 6.13. The summed E-state index contributed by atoms with van der Waals surface area (Å²) >= 11 is 0. The maximum atomic E-state index is 13.9. The van der Waals surface area contributed by atoms with E-state index in [0.717, 1.165) is 12.1 Å². The Morgan fingerprint density at radius 3 is 2.89 bits per heavy atom. The Balaban J connectivity index is 1.73. The van der Waals surface area contributed by atoms with Crippen molar-refractivity contribution in [2.45, 2.75) is 12.3 Å². The van der Waals surface area contributed by atoms with E-state index in [1.165, 1.54) is 10.9 Å². The molecule has 2 N–H and O–H groups in total. The molecule has 7 nitrogen and oxygen atoms in total. The summed E-state index contributed by atoms with van der Waals surface area (Å²) in [5, 5.41) is 9.50. The number of nitrogens with zero attached hydrogens (tertiary/aromatic N) is 2. The summed E-state index contributed by atoms with van der Waals surface area (Å²) in [5.74, 6) is -2.07. The van der Waals surface area contributed by atoms with E-state index in [4.69, 9.17) is 4.42 Å². The Morgan fingerprint density at radius 2 is 2.19 bits per heavy atom. The second-order valence-corrected chi connectivity index (χ2v) is 6.13. The predicted octanol–water partition coefficient (Wildman–Crippen LogP) is 3.02. The lowest BCUT2D eigenvalue weighted by molar-refractivity contribution is -0.116. The van der Waals surface area contributed by atoms with Gasteiger partial charge in [0.05, 0.1) is 23.3 Å². The van der Waals surface area contributed by atoms with Gasteiger partial charge >= 0.3 is 0 Å². The Bertz CT molecular complexity index is 1040. The summed E-state index contributed by atoms with van der Waals surface area (Å²) in [5.41, 5.74) is 0.244. The lowest BCUT2D eigenvalue weighted by Gasteiger charge is -2.22. The number of rotatable bonds is 3. The lowest BCUT2D eigenvalue weighted by atomic mass is 9.91. The number of hydrogen-bond acceptors (Lipinski definition) is 4. The largest absolute Gasteiger partial charge is 0.469 e. The van der Waals surface area contributed by atoms with Crippen molar-refractivity contribution in [2.24, 2.45) is 7.05 Å². The number of fused-ring (bicyclic) bond motifs is 1. The molecular formula is C18H14F2N4O3. The van der Waals surface area contributed by atoms with Crippen molar-refractivity contribution in [3.8, 4) is 0 Å². The molecular weight excluding hydrogens is 358 g/mol. The van der Waals surface area contributed by atoms with Crippen LogP contribution in [0.3, 0.4) is 0 Å². The van der Waals surface area contributed by atoms with E-state index in [0.29, 0.717) is 23.2 Å². The van der Waals surface area contributed by atoms with Crippen LogP contribution in [0.5, 0.6) is 0 Å². The maximum Gasteiger partial charge on any atom is 0.259 e. The van der Waals surface area contributed by atoms with Gasteiger partial charge in [-0.3, -0.25) is 14.3 Å². The number of aryl methyl sites for hydroxylation is 1. The number of benzene rings is 1. The zero-order valence-corrected chi connectivity index (χ0v) is 14.1. The molecule has 1 unspecified atom stereocenters. The van der Waals surface area contributed by atoms with E-state index in [1.54, 1.807) is 19.2 Å². The number of aromatic nitrogens is 2. The van der Waals surface area contributed by atoms with Crippen LogP contribution in [0.15, 0.2) is 41.0 Å². The van der Waals surface area contributed by atoms with E-state index in [2.05, 4.69) is 15.7 Å². The Morgan fingerprint density at radius 1 is 1.37 bits per heavy atom. The molecule has 0 saturated carbocycles. The van der Waals surface area contributed by atoms with Crippen LogP contribution in [0.4, 0.5) is 20.4 Å². The second kappa shape index (κ2) is 6.35. The van der Waals surface area contributed by atoms with Gasteiger partial charge in [0.1, 0.15) is 23.2 Å². The minimum Gasteiger partial charge on any atom is -0.469 e. The van der Waals surface area contributed by atoms with Crippen molar-refractivity contribution in [1.82, 2.24) is 9.78 Å². The number of carbonyl (C=O) groups is 2. The van der Waals surface area contributed by atoms with E-state index in [-0.39, 0.29) is 23.7 Å². The van der Waals surface area contributed by atoms with Gasteiger partial charge in [0.2, 0.25) is 5.91 Å². The first-order valence-electron chi connectivity index (χ1n) is 8.10. The Kier molecular flexibility index (Phi) is 3.98.